The number of rotatable bonds is 3. The minimum atomic E-state index is -0.306. The molecule has 0 saturated heterocycles. The highest BCUT2D eigenvalue weighted by atomic mass is 32.1. The van der Waals surface area contributed by atoms with E-state index in [0.29, 0.717) is 22.0 Å². The van der Waals surface area contributed by atoms with Crippen molar-refractivity contribution in [2.24, 2.45) is 0 Å². The van der Waals surface area contributed by atoms with Crippen LogP contribution in [0, 0.1) is 5.82 Å². The Labute approximate surface area is 122 Å². The summed E-state index contributed by atoms with van der Waals surface area (Å²) in [6, 6.07) is 7.96. The molecule has 3 aromatic rings. The lowest BCUT2D eigenvalue weighted by Gasteiger charge is -1.98. The fourth-order valence-corrected chi connectivity index (χ4v) is 3.03. The minimum Gasteiger partial charge on any atom is -0.298 e. The van der Waals surface area contributed by atoms with Gasteiger partial charge in [0.2, 0.25) is 0 Å². The lowest BCUT2D eigenvalue weighted by molar-refractivity contribution is 0.102. The van der Waals surface area contributed by atoms with Crippen molar-refractivity contribution in [3.8, 4) is 11.3 Å². The van der Waals surface area contributed by atoms with Crippen LogP contribution in [0.1, 0.15) is 10.4 Å². The zero-order chi connectivity index (χ0) is 13.9. The van der Waals surface area contributed by atoms with E-state index in [-0.39, 0.29) is 11.7 Å². The van der Waals surface area contributed by atoms with Crippen molar-refractivity contribution in [3.05, 3.63) is 57.9 Å². The first-order valence-electron chi connectivity index (χ1n) is 5.77. The van der Waals surface area contributed by atoms with Crippen LogP contribution in [0.15, 0.2) is 46.5 Å². The topological polar surface area (TPSA) is 42.0 Å². The van der Waals surface area contributed by atoms with Crippen LogP contribution in [0.25, 0.3) is 11.3 Å². The lowest BCUT2D eigenvalue weighted by Crippen LogP contribution is -2.10. The molecule has 0 aliphatic rings. The van der Waals surface area contributed by atoms with Gasteiger partial charge < -0.3 is 0 Å². The lowest BCUT2D eigenvalue weighted by atomic mass is 10.2. The second-order valence-corrected chi connectivity index (χ2v) is 5.65. The third-order valence-electron chi connectivity index (χ3n) is 2.63. The van der Waals surface area contributed by atoms with E-state index in [1.165, 1.54) is 34.8 Å². The molecule has 0 unspecified atom stereocenters. The molecule has 3 nitrogen and oxygen atoms in total. The average Bonchev–Trinajstić information content (AvgIpc) is 3.10. The second kappa shape index (κ2) is 5.52. The molecule has 2 aromatic heterocycles. The molecule has 0 bridgehead atoms. The molecule has 6 heteroatoms. The maximum atomic E-state index is 13.2. The molecule has 0 spiro atoms. The Morgan fingerprint density at radius 1 is 1.25 bits per heavy atom. The highest BCUT2D eigenvalue weighted by molar-refractivity contribution is 7.14. The standard InChI is InChI=1S/C14H9FN2OS2/c15-11-3-1-2-9(6-11)12-8-20-14(16-12)17-13(18)10-4-5-19-7-10/h1-8H,(H,16,17,18). The Morgan fingerprint density at radius 2 is 2.15 bits per heavy atom. The zero-order valence-electron chi connectivity index (χ0n) is 10.2. The van der Waals surface area contributed by atoms with Crippen LogP contribution < -0.4 is 5.32 Å². The van der Waals surface area contributed by atoms with Gasteiger partial charge >= 0.3 is 0 Å². The number of halogens is 1. The van der Waals surface area contributed by atoms with Gasteiger partial charge in [-0.05, 0) is 23.6 Å². The van der Waals surface area contributed by atoms with E-state index in [1.54, 1.807) is 29.0 Å². The SMILES string of the molecule is O=C(Nc1nc(-c2cccc(F)c2)cs1)c1ccsc1. The Hall–Kier alpha value is -2.05. The summed E-state index contributed by atoms with van der Waals surface area (Å²) in [7, 11) is 0. The smallest absolute Gasteiger partial charge is 0.258 e. The molecule has 0 aliphatic carbocycles. The van der Waals surface area contributed by atoms with Crippen molar-refractivity contribution >= 4 is 33.7 Å². The van der Waals surface area contributed by atoms with E-state index < -0.39 is 0 Å². The van der Waals surface area contributed by atoms with Crippen LogP contribution in [0.2, 0.25) is 0 Å². The predicted molar refractivity (Wildman–Crippen MR) is 79.8 cm³/mol. The fourth-order valence-electron chi connectivity index (χ4n) is 1.67. The predicted octanol–water partition coefficient (Wildman–Crippen LogP) is 4.26. The summed E-state index contributed by atoms with van der Waals surface area (Å²) in [6.07, 6.45) is 0. The molecule has 0 aliphatic heterocycles. The van der Waals surface area contributed by atoms with Crippen molar-refractivity contribution in [3.63, 3.8) is 0 Å². The monoisotopic (exact) mass is 304 g/mol. The summed E-state index contributed by atoms with van der Waals surface area (Å²) in [5, 5.41) is 8.64. The third-order valence-corrected chi connectivity index (χ3v) is 4.07. The number of thiophene rings is 1. The van der Waals surface area contributed by atoms with E-state index in [0.717, 1.165) is 0 Å². The Balaban J connectivity index is 1.79. The van der Waals surface area contributed by atoms with Crippen LogP contribution in [0.5, 0.6) is 0 Å². The molecule has 0 radical (unpaired) electrons. The molecule has 1 aromatic carbocycles. The fraction of sp³-hybridized carbons (Fsp3) is 0. The van der Waals surface area contributed by atoms with Gasteiger partial charge in [0.1, 0.15) is 5.82 Å². The first-order chi connectivity index (χ1) is 9.72. The van der Waals surface area contributed by atoms with E-state index >= 15 is 0 Å². The highest BCUT2D eigenvalue weighted by Crippen LogP contribution is 2.25. The Morgan fingerprint density at radius 3 is 2.90 bits per heavy atom. The van der Waals surface area contributed by atoms with Crippen molar-refractivity contribution in [2.75, 3.05) is 5.32 Å². The van der Waals surface area contributed by atoms with Crippen molar-refractivity contribution in [2.45, 2.75) is 0 Å². The van der Waals surface area contributed by atoms with Gasteiger partial charge in [0, 0.05) is 16.3 Å². The largest absolute Gasteiger partial charge is 0.298 e. The van der Waals surface area contributed by atoms with Crippen LogP contribution in [0.3, 0.4) is 0 Å². The van der Waals surface area contributed by atoms with Crippen LogP contribution >= 0.6 is 22.7 Å². The number of aromatic nitrogens is 1. The maximum absolute atomic E-state index is 13.2. The second-order valence-electron chi connectivity index (χ2n) is 4.01. The van der Waals surface area contributed by atoms with Crippen LogP contribution in [-0.2, 0) is 0 Å². The van der Waals surface area contributed by atoms with E-state index in [2.05, 4.69) is 10.3 Å². The molecule has 1 N–H and O–H groups in total. The molecular formula is C14H9FN2OS2. The van der Waals surface area contributed by atoms with E-state index in [1.807, 2.05) is 5.38 Å². The molecule has 1 amide bonds. The van der Waals surface area contributed by atoms with Gasteiger partial charge in [0.05, 0.1) is 11.3 Å². The molecule has 0 saturated carbocycles. The summed E-state index contributed by atoms with van der Waals surface area (Å²) in [6.45, 7) is 0. The van der Waals surface area contributed by atoms with Gasteiger partial charge in [-0.25, -0.2) is 9.37 Å². The number of amides is 1. The Kier molecular flexibility index (Phi) is 3.58. The van der Waals surface area contributed by atoms with Gasteiger partial charge in [0.25, 0.3) is 5.91 Å². The number of carbonyl (C=O) groups is 1. The number of nitrogens with one attached hydrogen (secondary N) is 1. The average molecular weight is 304 g/mol. The molecule has 20 heavy (non-hydrogen) atoms. The van der Waals surface area contributed by atoms with Crippen molar-refractivity contribution in [1.29, 1.82) is 0 Å². The molecule has 0 fully saturated rings. The number of hydrogen-bond acceptors (Lipinski definition) is 4. The summed E-state index contributed by atoms with van der Waals surface area (Å²) in [5.41, 5.74) is 1.95. The molecule has 3 rings (SSSR count). The normalized spacial score (nSPS) is 10.4. The zero-order valence-corrected chi connectivity index (χ0v) is 11.8. The molecule has 0 atom stereocenters. The van der Waals surface area contributed by atoms with E-state index in [4.69, 9.17) is 0 Å². The van der Waals surface area contributed by atoms with Crippen LogP contribution in [0.4, 0.5) is 9.52 Å². The third kappa shape index (κ3) is 2.76. The van der Waals surface area contributed by atoms with Gasteiger partial charge in [-0.15, -0.1) is 11.3 Å². The number of anilines is 1. The van der Waals surface area contributed by atoms with E-state index in [9.17, 15) is 9.18 Å². The first kappa shape index (κ1) is 13.0. The maximum Gasteiger partial charge on any atom is 0.258 e. The summed E-state index contributed by atoms with van der Waals surface area (Å²) in [4.78, 5) is 16.2. The first-order valence-corrected chi connectivity index (χ1v) is 7.59. The number of carbonyl (C=O) groups excluding carboxylic acids is 1. The number of nitrogens with zero attached hydrogens (tertiary/aromatic N) is 1. The highest BCUT2D eigenvalue weighted by Gasteiger charge is 2.10. The van der Waals surface area contributed by atoms with Crippen LogP contribution in [-0.4, -0.2) is 10.9 Å². The summed E-state index contributed by atoms with van der Waals surface area (Å²) >= 11 is 2.78. The summed E-state index contributed by atoms with van der Waals surface area (Å²) in [5.74, 6) is -0.495. The molecular weight excluding hydrogens is 295 g/mol. The van der Waals surface area contributed by atoms with Crippen molar-refractivity contribution < 1.29 is 9.18 Å². The van der Waals surface area contributed by atoms with Gasteiger partial charge in [-0.2, -0.15) is 11.3 Å². The summed E-state index contributed by atoms with van der Waals surface area (Å²) < 4.78 is 13.2. The Bertz CT molecular complexity index is 737. The van der Waals surface area contributed by atoms with Gasteiger partial charge in [0.15, 0.2) is 5.13 Å². The molecule has 100 valence electrons. The molecule has 2 heterocycles. The number of thiazole rings is 1. The number of hydrogen-bond donors (Lipinski definition) is 1. The van der Waals surface area contributed by atoms with Crippen molar-refractivity contribution in [1.82, 2.24) is 4.98 Å². The van der Waals surface area contributed by atoms with Gasteiger partial charge in [-0.3, -0.25) is 10.1 Å². The number of benzene rings is 1. The quantitative estimate of drug-likeness (QED) is 0.785. The van der Waals surface area contributed by atoms with Gasteiger partial charge in [-0.1, -0.05) is 12.1 Å². The minimum absolute atomic E-state index is 0.189.